The Balaban J connectivity index is 1.71. The van der Waals surface area contributed by atoms with Gasteiger partial charge in [-0.25, -0.2) is 4.98 Å². The molecule has 7 heteroatoms. The number of aromatic nitrogens is 2. The van der Waals surface area contributed by atoms with Crippen molar-refractivity contribution in [3.05, 3.63) is 93.3 Å². The maximum Gasteiger partial charge on any atom is 0.266 e. The summed E-state index contributed by atoms with van der Waals surface area (Å²) in [5.41, 5.74) is 1.44. The maximum absolute atomic E-state index is 13.2. The van der Waals surface area contributed by atoms with Crippen molar-refractivity contribution in [3.63, 3.8) is 0 Å². The second kappa shape index (κ2) is 8.04. The Hall–Kier alpha value is -3.58. The molecule has 0 radical (unpaired) electrons. The molecule has 2 heterocycles. The van der Waals surface area contributed by atoms with E-state index in [2.05, 4.69) is 10.3 Å². The van der Waals surface area contributed by atoms with E-state index >= 15 is 0 Å². The van der Waals surface area contributed by atoms with Crippen molar-refractivity contribution in [1.82, 2.24) is 9.55 Å². The SMILES string of the molecule is Cc1c(C(=O)Nc2ccccc2)sc2ncn(C(C)C(=O)c3ccccc3)c(=O)c12. The molecular formula is C23H19N3O3S. The minimum Gasteiger partial charge on any atom is -0.321 e. The first-order valence-electron chi connectivity index (χ1n) is 9.43. The second-order valence-corrected chi connectivity index (χ2v) is 7.92. The van der Waals surface area contributed by atoms with Gasteiger partial charge < -0.3 is 5.32 Å². The maximum atomic E-state index is 13.2. The van der Waals surface area contributed by atoms with E-state index in [0.29, 0.717) is 31.9 Å². The molecule has 2 aromatic heterocycles. The third-order valence-corrected chi connectivity index (χ3v) is 6.17. The van der Waals surface area contributed by atoms with Crippen LogP contribution in [0.4, 0.5) is 5.69 Å². The number of nitrogens with one attached hydrogen (secondary N) is 1. The van der Waals surface area contributed by atoms with Crippen LogP contribution in [-0.4, -0.2) is 21.2 Å². The first-order valence-corrected chi connectivity index (χ1v) is 10.2. The number of fused-ring (bicyclic) bond motifs is 1. The van der Waals surface area contributed by atoms with Gasteiger partial charge in [-0.05, 0) is 31.5 Å². The van der Waals surface area contributed by atoms with Crippen molar-refractivity contribution in [2.24, 2.45) is 0 Å². The molecule has 1 atom stereocenters. The van der Waals surface area contributed by atoms with Gasteiger partial charge in [0, 0.05) is 11.3 Å². The van der Waals surface area contributed by atoms with Gasteiger partial charge in [0.05, 0.1) is 22.6 Å². The first-order chi connectivity index (χ1) is 14.5. The standard InChI is InChI=1S/C23H19N3O3S/c1-14-18-22(30-20(14)21(28)25-17-11-7-4-8-12-17)24-13-26(23(18)29)15(2)19(27)16-9-5-3-6-10-16/h3-13,15H,1-2H3,(H,25,28). The lowest BCUT2D eigenvalue weighted by molar-refractivity contribution is 0.0932. The number of hydrogen-bond acceptors (Lipinski definition) is 5. The van der Waals surface area contributed by atoms with Crippen molar-refractivity contribution >= 4 is 38.9 Å². The molecule has 1 unspecified atom stereocenters. The van der Waals surface area contributed by atoms with Gasteiger partial charge in [-0.3, -0.25) is 19.0 Å². The van der Waals surface area contributed by atoms with Crippen LogP contribution >= 0.6 is 11.3 Å². The zero-order valence-corrected chi connectivity index (χ0v) is 17.3. The Morgan fingerprint density at radius 2 is 1.67 bits per heavy atom. The fraction of sp³-hybridized carbons (Fsp3) is 0.130. The van der Waals surface area contributed by atoms with Gasteiger partial charge >= 0.3 is 0 Å². The molecule has 0 aliphatic carbocycles. The van der Waals surface area contributed by atoms with Gasteiger partial charge in [0.2, 0.25) is 0 Å². The summed E-state index contributed by atoms with van der Waals surface area (Å²) in [4.78, 5) is 44.0. The number of thiophene rings is 1. The van der Waals surface area contributed by atoms with Crippen LogP contribution in [0.15, 0.2) is 71.8 Å². The van der Waals surface area contributed by atoms with E-state index in [9.17, 15) is 14.4 Å². The number of rotatable bonds is 5. The molecule has 4 rings (SSSR count). The number of benzene rings is 2. The molecule has 0 fully saturated rings. The number of para-hydroxylation sites is 1. The Bertz CT molecular complexity index is 1290. The van der Waals surface area contributed by atoms with Crippen LogP contribution in [0.5, 0.6) is 0 Å². The van der Waals surface area contributed by atoms with Crippen LogP contribution in [0.25, 0.3) is 10.2 Å². The molecule has 0 spiro atoms. The summed E-state index contributed by atoms with van der Waals surface area (Å²) < 4.78 is 1.33. The lowest BCUT2D eigenvalue weighted by Crippen LogP contribution is -2.28. The topological polar surface area (TPSA) is 81.1 Å². The molecule has 0 saturated carbocycles. The largest absolute Gasteiger partial charge is 0.321 e. The van der Waals surface area contributed by atoms with Gasteiger partial charge in [-0.1, -0.05) is 48.5 Å². The summed E-state index contributed by atoms with van der Waals surface area (Å²) in [6, 6.07) is 17.2. The highest BCUT2D eigenvalue weighted by atomic mass is 32.1. The Morgan fingerprint density at radius 3 is 2.33 bits per heavy atom. The third-order valence-electron chi connectivity index (χ3n) is 4.97. The average Bonchev–Trinajstić information content (AvgIpc) is 3.11. The molecule has 0 saturated heterocycles. The number of nitrogens with zero attached hydrogens (tertiary/aromatic N) is 2. The Kier molecular flexibility index (Phi) is 5.29. The van der Waals surface area contributed by atoms with E-state index < -0.39 is 6.04 Å². The predicted molar refractivity (Wildman–Crippen MR) is 118 cm³/mol. The fourth-order valence-corrected chi connectivity index (χ4v) is 4.34. The van der Waals surface area contributed by atoms with Crippen LogP contribution in [0, 0.1) is 6.92 Å². The van der Waals surface area contributed by atoms with Crippen molar-refractivity contribution in [1.29, 1.82) is 0 Å². The van der Waals surface area contributed by atoms with Crippen LogP contribution < -0.4 is 10.9 Å². The summed E-state index contributed by atoms with van der Waals surface area (Å²) in [5.74, 6) is -0.463. The zero-order chi connectivity index (χ0) is 21.3. The summed E-state index contributed by atoms with van der Waals surface area (Å²) >= 11 is 1.17. The van der Waals surface area contributed by atoms with E-state index in [4.69, 9.17) is 0 Å². The molecular weight excluding hydrogens is 398 g/mol. The Morgan fingerprint density at radius 1 is 1.03 bits per heavy atom. The van der Waals surface area contributed by atoms with Crippen LogP contribution in [-0.2, 0) is 0 Å². The number of carbonyl (C=O) groups is 2. The monoisotopic (exact) mass is 417 g/mol. The first kappa shape index (κ1) is 19.7. The number of amides is 1. The molecule has 0 aliphatic heterocycles. The van der Waals surface area contributed by atoms with Gasteiger partial charge in [0.25, 0.3) is 11.5 Å². The number of Topliss-reactive ketones (excluding diaryl/α,β-unsaturated/α-hetero) is 1. The summed E-state index contributed by atoms with van der Waals surface area (Å²) in [6.45, 7) is 3.41. The molecule has 0 aliphatic rings. The number of ketones is 1. The number of carbonyl (C=O) groups excluding carboxylic acids is 2. The highest BCUT2D eigenvalue weighted by Crippen LogP contribution is 2.28. The molecule has 2 aromatic carbocycles. The van der Waals surface area contributed by atoms with Gasteiger partial charge in [-0.2, -0.15) is 0 Å². The number of anilines is 1. The van der Waals surface area contributed by atoms with E-state index in [1.165, 1.54) is 22.2 Å². The van der Waals surface area contributed by atoms with E-state index in [1.807, 2.05) is 24.3 Å². The second-order valence-electron chi connectivity index (χ2n) is 6.92. The van der Waals surface area contributed by atoms with Gasteiger partial charge in [0.15, 0.2) is 5.78 Å². The van der Waals surface area contributed by atoms with Gasteiger partial charge in [0.1, 0.15) is 4.83 Å². The highest BCUT2D eigenvalue weighted by molar-refractivity contribution is 7.20. The minimum atomic E-state index is -0.710. The molecule has 6 nitrogen and oxygen atoms in total. The molecule has 1 amide bonds. The van der Waals surface area contributed by atoms with E-state index in [-0.39, 0.29) is 17.2 Å². The summed E-state index contributed by atoms with van der Waals surface area (Å²) in [5, 5.41) is 3.21. The number of hydrogen-bond donors (Lipinski definition) is 1. The minimum absolute atomic E-state index is 0.172. The quantitative estimate of drug-likeness (QED) is 0.486. The lowest BCUT2D eigenvalue weighted by atomic mass is 10.1. The van der Waals surface area contributed by atoms with Crippen molar-refractivity contribution in [3.8, 4) is 0 Å². The molecule has 1 N–H and O–H groups in total. The Labute approximate surface area is 176 Å². The zero-order valence-electron chi connectivity index (χ0n) is 16.5. The molecule has 30 heavy (non-hydrogen) atoms. The third kappa shape index (κ3) is 3.55. The lowest BCUT2D eigenvalue weighted by Gasteiger charge is -2.13. The van der Waals surface area contributed by atoms with Crippen molar-refractivity contribution in [2.45, 2.75) is 19.9 Å². The highest BCUT2D eigenvalue weighted by Gasteiger charge is 2.23. The number of aryl methyl sites for hydroxylation is 1. The fourth-order valence-electron chi connectivity index (χ4n) is 3.31. The van der Waals surface area contributed by atoms with E-state index in [1.54, 1.807) is 50.2 Å². The predicted octanol–water partition coefficient (Wildman–Crippen LogP) is 4.46. The van der Waals surface area contributed by atoms with Gasteiger partial charge in [-0.15, -0.1) is 11.3 Å². The van der Waals surface area contributed by atoms with Crippen molar-refractivity contribution in [2.75, 3.05) is 5.32 Å². The molecule has 0 bridgehead atoms. The summed E-state index contributed by atoms with van der Waals surface area (Å²) in [7, 11) is 0. The molecule has 4 aromatic rings. The van der Waals surface area contributed by atoms with Crippen LogP contribution in [0.2, 0.25) is 0 Å². The molecule has 150 valence electrons. The van der Waals surface area contributed by atoms with Crippen LogP contribution in [0.3, 0.4) is 0 Å². The average molecular weight is 417 g/mol. The van der Waals surface area contributed by atoms with Crippen LogP contribution in [0.1, 0.15) is 38.6 Å². The summed E-state index contributed by atoms with van der Waals surface area (Å²) in [6.07, 6.45) is 1.38. The van der Waals surface area contributed by atoms with E-state index in [0.717, 1.165) is 0 Å². The van der Waals surface area contributed by atoms with Crippen molar-refractivity contribution < 1.29 is 9.59 Å². The smallest absolute Gasteiger partial charge is 0.266 e. The normalized spacial score (nSPS) is 11.9.